The fourth-order valence-electron chi connectivity index (χ4n) is 5.81. The van der Waals surface area contributed by atoms with Crippen LogP contribution in [0.5, 0.6) is 11.5 Å². The molecule has 0 aliphatic heterocycles. The first-order valence-electron chi connectivity index (χ1n) is 14.6. The number of hydrogen-bond acceptors (Lipinski definition) is 3. The van der Waals surface area contributed by atoms with Crippen LogP contribution in [0.2, 0.25) is 0 Å². The molecule has 1 atom stereocenters. The Hall–Kier alpha value is -3.27. The van der Waals surface area contributed by atoms with E-state index in [0.717, 1.165) is 61.2 Å². The molecule has 2 aliphatic rings. The van der Waals surface area contributed by atoms with E-state index in [0.29, 0.717) is 18.6 Å². The van der Waals surface area contributed by atoms with Crippen molar-refractivity contribution in [3.8, 4) is 22.6 Å². The monoisotopic (exact) mass is 526 g/mol. The number of benzene rings is 3. The summed E-state index contributed by atoms with van der Waals surface area (Å²) < 4.78 is 12.4. The third-order valence-electron chi connectivity index (χ3n) is 8.01. The van der Waals surface area contributed by atoms with Crippen molar-refractivity contribution in [3.05, 3.63) is 83.4 Å². The maximum absolute atomic E-state index is 11.4. The van der Waals surface area contributed by atoms with Crippen molar-refractivity contribution in [2.24, 2.45) is 11.3 Å². The Morgan fingerprint density at radius 1 is 0.974 bits per heavy atom. The SMILES string of the molecule is CCCC(C)(C)Cc1cc(COc2cccc(C(CC(=O)O)C3CC3)c2)ccc1-c1cccc(OC2CC2)c1. The largest absolute Gasteiger partial charge is 0.490 e. The van der Waals surface area contributed by atoms with Gasteiger partial charge < -0.3 is 14.6 Å². The van der Waals surface area contributed by atoms with Gasteiger partial charge in [0.1, 0.15) is 18.1 Å². The number of carbonyl (C=O) groups is 1. The first-order chi connectivity index (χ1) is 18.8. The van der Waals surface area contributed by atoms with E-state index in [4.69, 9.17) is 9.47 Å². The lowest BCUT2D eigenvalue weighted by Crippen LogP contribution is -2.15. The third-order valence-corrected chi connectivity index (χ3v) is 8.01. The van der Waals surface area contributed by atoms with Crippen LogP contribution >= 0.6 is 0 Å². The zero-order valence-electron chi connectivity index (χ0n) is 23.6. The topological polar surface area (TPSA) is 55.8 Å². The molecule has 0 heterocycles. The minimum Gasteiger partial charge on any atom is -0.490 e. The van der Waals surface area contributed by atoms with Gasteiger partial charge in [-0.25, -0.2) is 0 Å². The van der Waals surface area contributed by atoms with Gasteiger partial charge in [-0.3, -0.25) is 4.79 Å². The fraction of sp³-hybridized carbons (Fsp3) is 0.457. The number of carboxylic acids is 1. The summed E-state index contributed by atoms with van der Waals surface area (Å²) in [5, 5.41) is 9.41. The second-order valence-electron chi connectivity index (χ2n) is 12.3. The van der Waals surface area contributed by atoms with Gasteiger partial charge >= 0.3 is 5.97 Å². The molecule has 2 fully saturated rings. The molecule has 1 unspecified atom stereocenters. The van der Waals surface area contributed by atoms with Crippen LogP contribution in [-0.4, -0.2) is 17.2 Å². The van der Waals surface area contributed by atoms with Crippen molar-refractivity contribution in [1.29, 1.82) is 0 Å². The van der Waals surface area contributed by atoms with Crippen LogP contribution in [0.15, 0.2) is 66.7 Å². The lowest BCUT2D eigenvalue weighted by molar-refractivity contribution is -0.137. The van der Waals surface area contributed by atoms with Gasteiger partial charge in [0.25, 0.3) is 0 Å². The van der Waals surface area contributed by atoms with Crippen LogP contribution in [0, 0.1) is 11.3 Å². The molecule has 4 heteroatoms. The van der Waals surface area contributed by atoms with Gasteiger partial charge in [0.05, 0.1) is 12.5 Å². The Morgan fingerprint density at radius 3 is 2.46 bits per heavy atom. The quantitative estimate of drug-likeness (QED) is 0.228. The van der Waals surface area contributed by atoms with Crippen LogP contribution in [0.4, 0.5) is 0 Å². The van der Waals surface area contributed by atoms with Gasteiger partial charge in [0, 0.05) is 0 Å². The van der Waals surface area contributed by atoms with E-state index in [1.807, 2.05) is 24.3 Å². The first kappa shape index (κ1) is 27.3. The molecule has 5 rings (SSSR count). The van der Waals surface area contributed by atoms with Crippen molar-refractivity contribution >= 4 is 5.97 Å². The molecule has 0 spiro atoms. The lowest BCUT2D eigenvalue weighted by Gasteiger charge is -2.26. The molecule has 4 nitrogen and oxygen atoms in total. The predicted molar refractivity (Wildman–Crippen MR) is 156 cm³/mol. The molecule has 0 bridgehead atoms. The summed E-state index contributed by atoms with van der Waals surface area (Å²) in [5.74, 6) is 1.56. The van der Waals surface area contributed by atoms with Crippen LogP contribution in [0.25, 0.3) is 11.1 Å². The summed E-state index contributed by atoms with van der Waals surface area (Å²) in [7, 11) is 0. The summed E-state index contributed by atoms with van der Waals surface area (Å²) >= 11 is 0. The van der Waals surface area contributed by atoms with E-state index in [1.165, 1.54) is 23.1 Å². The zero-order chi connectivity index (χ0) is 27.4. The molecule has 0 amide bonds. The molecular formula is C35H42O4. The average molecular weight is 527 g/mol. The molecule has 0 radical (unpaired) electrons. The molecule has 206 valence electrons. The van der Waals surface area contributed by atoms with Crippen molar-refractivity contribution in [2.45, 2.75) is 90.8 Å². The second kappa shape index (κ2) is 11.9. The molecule has 0 saturated heterocycles. The fourth-order valence-corrected chi connectivity index (χ4v) is 5.81. The number of hydrogen-bond donors (Lipinski definition) is 1. The molecule has 2 aliphatic carbocycles. The highest BCUT2D eigenvalue weighted by Crippen LogP contribution is 2.45. The van der Waals surface area contributed by atoms with Crippen LogP contribution in [0.3, 0.4) is 0 Å². The number of ether oxygens (including phenoxy) is 2. The third kappa shape index (κ3) is 7.65. The zero-order valence-corrected chi connectivity index (χ0v) is 23.6. The second-order valence-corrected chi connectivity index (χ2v) is 12.3. The standard InChI is InChI=1S/C35H42O4/c1-4-17-35(2,3)22-28-18-24(11-16-32(28)26-7-6-10-31(20-26)39-29-14-15-29)23-38-30-9-5-8-27(19-30)33(21-34(36)37)25-12-13-25/h5-11,16,18-20,25,29,33H,4,12-15,17,21-23H2,1-3H3,(H,36,37). The highest BCUT2D eigenvalue weighted by Gasteiger charge is 2.34. The van der Waals surface area contributed by atoms with Crippen LogP contribution in [-0.2, 0) is 17.8 Å². The van der Waals surface area contributed by atoms with Gasteiger partial charge in [0.2, 0.25) is 0 Å². The minimum atomic E-state index is -0.735. The summed E-state index contributed by atoms with van der Waals surface area (Å²) in [6.07, 6.45) is 8.41. The number of rotatable bonds is 14. The van der Waals surface area contributed by atoms with Crippen molar-refractivity contribution in [2.75, 3.05) is 0 Å². The molecule has 2 saturated carbocycles. The molecule has 3 aromatic carbocycles. The first-order valence-corrected chi connectivity index (χ1v) is 14.6. The van der Waals surface area contributed by atoms with Crippen LogP contribution in [0.1, 0.15) is 88.3 Å². The van der Waals surface area contributed by atoms with Crippen LogP contribution < -0.4 is 9.47 Å². The Balaban J connectivity index is 1.36. The number of carboxylic acid groups (broad SMARTS) is 1. The van der Waals surface area contributed by atoms with E-state index in [-0.39, 0.29) is 17.8 Å². The van der Waals surface area contributed by atoms with E-state index in [9.17, 15) is 9.90 Å². The van der Waals surface area contributed by atoms with Crippen molar-refractivity contribution < 1.29 is 19.4 Å². The van der Waals surface area contributed by atoms with Gasteiger partial charge in [0.15, 0.2) is 0 Å². The average Bonchev–Trinajstić information content (AvgIpc) is 3.82. The summed E-state index contributed by atoms with van der Waals surface area (Å²) in [6, 6.07) is 23.3. The van der Waals surface area contributed by atoms with Gasteiger partial charge in [-0.2, -0.15) is 0 Å². The van der Waals surface area contributed by atoms with Crippen molar-refractivity contribution in [3.63, 3.8) is 0 Å². The van der Waals surface area contributed by atoms with Gasteiger partial charge in [-0.1, -0.05) is 69.7 Å². The summed E-state index contributed by atoms with van der Waals surface area (Å²) in [5.41, 5.74) is 6.19. The summed E-state index contributed by atoms with van der Waals surface area (Å²) in [6.45, 7) is 7.44. The normalized spacial score (nSPS) is 16.1. The maximum atomic E-state index is 11.4. The summed E-state index contributed by atoms with van der Waals surface area (Å²) in [4.78, 5) is 11.4. The van der Waals surface area contributed by atoms with E-state index < -0.39 is 5.97 Å². The number of aliphatic carboxylic acids is 1. The van der Waals surface area contributed by atoms with E-state index in [2.05, 4.69) is 63.2 Å². The Labute approximate surface area is 233 Å². The molecule has 1 N–H and O–H groups in total. The molecule has 39 heavy (non-hydrogen) atoms. The van der Waals surface area contributed by atoms with Gasteiger partial charge in [-0.15, -0.1) is 0 Å². The van der Waals surface area contributed by atoms with Crippen molar-refractivity contribution in [1.82, 2.24) is 0 Å². The predicted octanol–water partition coefficient (Wildman–Crippen LogP) is 8.81. The minimum absolute atomic E-state index is 0.0670. The Morgan fingerprint density at radius 2 is 1.74 bits per heavy atom. The Kier molecular flexibility index (Phi) is 8.30. The molecule has 3 aromatic rings. The smallest absolute Gasteiger partial charge is 0.303 e. The maximum Gasteiger partial charge on any atom is 0.303 e. The Bertz CT molecular complexity index is 1290. The molecule has 0 aromatic heterocycles. The van der Waals surface area contributed by atoms with Gasteiger partial charge in [-0.05, 0) is 108 Å². The highest BCUT2D eigenvalue weighted by molar-refractivity contribution is 5.70. The molecular weight excluding hydrogens is 484 g/mol. The van der Waals surface area contributed by atoms with E-state index >= 15 is 0 Å². The lowest BCUT2D eigenvalue weighted by atomic mass is 9.79. The van der Waals surface area contributed by atoms with E-state index in [1.54, 1.807) is 0 Å². The highest BCUT2D eigenvalue weighted by atomic mass is 16.5.